The number of ether oxygens (including phenoxy) is 1. The van der Waals surface area contributed by atoms with Crippen LogP contribution in [0.2, 0.25) is 0 Å². The van der Waals surface area contributed by atoms with Gasteiger partial charge in [0.25, 0.3) is 0 Å². The van der Waals surface area contributed by atoms with Crippen LogP contribution in [0.5, 0.6) is 5.75 Å². The summed E-state index contributed by atoms with van der Waals surface area (Å²) in [5.74, 6) is 0.0891. The van der Waals surface area contributed by atoms with E-state index in [1.165, 1.54) is 11.8 Å². The summed E-state index contributed by atoms with van der Waals surface area (Å²) >= 11 is 0. The van der Waals surface area contributed by atoms with Crippen LogP contribution in [0.4, 0.5) is 14.5 Å². The van der Waals surface area contributed by atoms with Crippen molar-refractivity contribution in [2.24, 2.45) is 0 Å². The predicted molar refractivity (Wildman–Crippen MR) is 126 cm³/mol. The number of alkyl halides is 2. The van der Waals surface area contributed by atoms with Crippen molar-refractivity contribution in [2.75, 3.05) is 44.2 Å². The van der Waals surface area contributed by atoms with Gasteiger partial charge in [-0.15, -0.1) is 0 Å². The van der Waals surface area contributed by atoms with Crippen molar-refractivity contribution in [1.29, 1.82) is 0 Å². The Bertz CT molecular complexity index is 1070. The van der Waals surface area contributed by atoms with E-state index in [4.69, 9.17) is 0 Å². The monoisotopic (exact) mass is 477 g/mol. The Kier molecular flexibility index (Phi) is 7.62. The normalized spacial score (nSPS) is 17.1. The molecule has 0 unspecified atom stereocenters. The maximum absolute atomic E-state index is 12.7. The van der Waals surface area contributed by atoms with E-state index < -0.39 is 16.6 Å². The molecule has 2 aromatic carbocycles. The molecule has 9 heteroatoms. The smallest absolute Gasteiger partial charge is 0.387 e. The molecule has 178 valence electrons. The molecule has 1 heterocycles. The summed E-state index contributed by atoms with van der Waals surface area (Å²) in [6.45, 7) is 2.20. The van der Waals surface area contributed by atoms with Gasteiger partial charge >= 0.3 is 6.61 Å². The van der Waals surface area contributed by atoms with Crippen molar-refractivity contribution in [3.8, 4) is 5.75 Å². The molecule has 2 aliphatic rings. The van der Waals surface area contributed by atoms with E-state index >= 15 is 0 Å². The average Bonchev–Trinajstić information content (AvgIpc) is 2.82. The molecular weight excluding hydrogens is 448 g/mol. The highest BCUT2D eigenvalue weighted by Crippen LogP contribution is 2.30. The highest BCUT2D eigenvalue weighted by Gasteiger charge is 2.22. The van der Waals surface area contributed by atoms with Crippen molar-refractivity contribution in [1.82, 2.24) is 9.62 Å². The van der Waals surface area contributed by atoms with Gasteiger partial charge in [0.15, 0.2) is 0 Å². The Morgan fingerprint density at radius 2 is 1.76 bits per heavy atom. The number of para-hydroxylation sites is 1. The van der Waals surface area contributed by atoms with Crippen molar-refractivity contribution in [3.63, 3.8) is 0 Å². The third kappa shape index (κ3) is 6.31. The largest absolute Gasteiger partial charge is 0.435 e. The number of allylic oxidation sites excluding steroid dienone is 1. The summed E-state index contributed by atoms with van der Waals surface area (Å²) in [5, 5.41) is 0. The summed E-state index contributed by atoms with van der Waals surface area (Å²) < 4.78 is 57.4. The fourth-order valence-electron chi connectivity index (χ4n) is 4.30. The number of piperazine rings is 1. The van der Waals surface area contributed by atoms with Crippen LogP contribution in [0.3, 0.4) is 0 Å². The first-order valence-electron chi connectivity index (χ1n) is 11.2. The molecule has 1 fully saturated rings. The van der Waals surface area contributed by atoms with Crippen molar-refractivity contribution in [3.05, 3.63) is 64.6 Å². The van der Waals surface area contributed by atoms with E-state index in [1.807, 2.05) is 18.2 Å². The summed E-state index contributed by atoms with van der Waals surface area (Å²) in [4.78, 5) is 5.06. The van der Waals surface area contributed by atoms with Crippen LogP contribution in [-0.4, -0.2) is 59.2 Å². The standard InChI is InChI=1S/C24H29F2N3O3S/c25-24(26)32-22-9-7-20-18-23(10-8-19(20)17-22)33(30,31)27-11-4-12-28-13-15-29(16-14-28)21-5-2-1-3-6-21/h1-3,5-7,9,17-18,24,27H,4,8,10-16H2. The van der Waals surface area contributed by atoms with Gasteiger partial charge in [0, 0.05) is 38.4 Å². The van der Waals surface area contributed by atoms with E-state index in [-0.39, 0.29) is 5.75 Å². The Hall–Kier alpha value is -2.49. The number of hydrogen-bond acceptors (Lipinski definition) is 5. The second kappa shape index (κ2) is 10.6. The SMILES string of the molecule is O=S(=O)(NCCCN1CCN(c2ccccc2)CC1)C1=Cc2ccc(OC(F)F)cc2CC1. The minimum absolute atomic E-state index is 0.0891. The van der Waals surface area contributed by atoms with Gasteiger partial charge in [0.1, 0.15) is 5.75 Å². The number of fused-ring (bicyclic) bond motifs is 1. The molecule has 1 saturated heterocycles. The molecule has 0 amide bonds. The van der Waals surface area contributed by atoms with Crippen LogP contribution in [0, 0.1) is 0 Å². The van der Waals surface area contributed by atoms with Crippen molar-refractivity contribution in [2.45, 2.75) is 25.9 Å². The number of benzene rings is 2. The Morgan fingerprint density at radius 1 is 1.00 bits per heavy atom. The number of anilines is 1. The first-order chi connectivity index (χ1) is 15.9. The summed E-state index contributed by atoms with van der Waals surface area (Å²) in [6, 6.07) is 15.0. The molecule has 2 aromatic rings. The van der Waals surface area contributed by atoms with E-state index in [1.54, 1.807) is 18.2 Å². The molecule has 0 radical (unpaired) electrons. The number of hydrogen-bond donors (Lipinski definition) is 1. The lowest BCUT2D eigenvalue weighted by Gasteiger charge is -2.36. The second-order valence-electron chi connectivity index (χ2n) is 8.27. The molecule has 6 nitrogen and oxygen atoms in total. The minimum atomic E-state index is -3.57. The zero-order valence-corrected chi connectivity index (χ0v) is 19.2. The average molecular weight is 478 g/mol. The fraction of sp³-hybridized carbons (Fsp3) is 0.417. The highest BCUT2D eigenvalue weighted by molar-refractivity contribution is 7.93. The quantitative estimate of drug-likeness (QED) is 0.558. The molecule has 1 aliphatic heterocycles. The fourth-order valence-corrected chi connectivity index (χ4v) is 5.55. The Labute approximate surface area is 193 Å². The third-order valence-electron chi connectivity index (χ3n) is 6.08. The van der Waals surface area contributed by atoms with E-state index in [0.29, 0.717) is 24.3 Å². The van der Waals surface area contributed by atoms with Gasteiger partial charge in [0.05, 0.1) is 4.91 Å². The minimum Gasteiger partial charge on any atom is -0.435 e. The third-order valence-corrected chi connectivity index (χ3v) is 7.68. The predicted octanol–water partition coefficient (Wildman–Crippen LogP) is 3.71. The van der Waals surface area contributed by atoms with Gasteiger partial charge in [0.2, 0.25) is 10.0 Å². The van der Waals surface area contributed by atoms with Gasteiger partial charge in [-0.05, 0) is 67.3 Å². The zero-order valence-electron chi connectivity index (χ0n) is 18.4. The van der Waals surface area contributed by atoms with Gasteiger partial charge in [-0.3, -0.25) is 4.90 Å². The second-order valence-corrected chi connectivity index (χ2v) is 10.1. The topological polar surface area (TPSA) is 61.9 Å². The lowest BCUT2D eigenvalue weighted by molar-refractivity contribution is -0.0498. The molecule has 0 atom stereocenters. The van der Waals surface area contributed by atoms with Crippen LogP contribution >= 0.6 is 0 Å². The van der Waals surface area contributed by atoms with Crippen LogP contribution in [0.25, 0.3) is 6.08 Å². The summed E-state index contributed by atoms with van der Waals surface area (Å²) in [5.41, 5.74) is 2.77. The van der Waals surface area contributed by atoms with Gasteiger partial charge < -0.3 is 9.64 Å². The molecular formula is C24H29F2N3O3S. The van der Waals surface area contributed by atoms with Crippen molar-refractivity contribution >= 4 is 21.8 Å². The number of sulfonamides is 1. The summed E-state index contributed by atoms with van der Waals surface area (Å²) in [7, 11) is -3.57. The van der Waals surface area contributed by atoms with Crippen LogP contribution in [0.15, 0.2) is 53.4 Å². The number of rotatable bonds is 9. The number of halogens is 2. The van der Waals surface area contributed by atoms with E-state index in [9.17, 15) is 17.2 Å². The number of nitrogens with one attached hydrogen (secondary N) is 1. The van der Waals surface area contributed by atoms with Gasteiger partial charge in [-0.1, -0.05) is 24.3 Å². The lowest BCUT2D eigenvalue weighted by Crippen LogP contribution is -2.47. The molecule has 0 bridgehead atoms. The molecule has 0 spiro atoms. The molecule has 0 aromatic heterocycles. The highest BCUT2D eigenvalue weighted by atomic mass is 32.2. The van der Waals surface area contributed by atoms with Gasteiger partial charge in [-0.25, -0.2) is 13.1 Å². The van der Waals surface area contributed by atoms with E-state index in [0.717, 1.165) is 50.3 Å². The van der Waals surface area contributed by atoms with Crippen molar-refractivity contribution < 1.29 is 21.9 Å². The molecule has 4 rings (SSSR count). The molecule has 1 N–H and O–H groups in total. The molecule has 1 aliphatic carbocycles. The Balaban J connectivity index is 1.23. The maximum atomic E-state index is 12.7. The summed E-state index contributed by atoms with van der Waals surface area (Å²) in [6.07, 6.45) is 3.16. The van der Waals surface area contributed by atoms with Crippen LogP contribution < -0.4 is 14.4 Å². The maximum Gasteiger partial charge on any atom is 0.387 e. The van der Waals surface area contributed by atoms with E-state index in [2.05, 4.69) is 31.4 Å². The lowest BCUT2D eigenvalue weighted by atomic mass is 9.97. The first-order valence-corrected chi connectivity index (χ1v) is 12.7. The number of nitrogens with zero attached hydrogens (tertiary/aromatic N) is 2. The molecule has 33 heavy (non-hydrogen) atoms. The van der Waals surface area contributed by atoms with Gasteiger partial charge in [-0.2, -0.15) is 8.78 Å². The Morgan fingerprint density at radius 3 is 2.48 bits per heavy atom. The first kappa shape index (κ1) is 23.7. The zero-order chi connectivity index (χ0) is 23.3. The van der Waals surface area contributed by atoms with Crippen LogP contribution in [0.1, 0.15) is 24.0 Å². The number of aryl methyl sites for hydroxylation is 1. The molecule has 0 saturated carbocycles. The van der Waals surface area contributed by atoms with Crippen LogP contribution in [-0.2, 0) is 16.4 Å².